The summed E-state index contributed by atoms with van der Waals surface area (Å²) in [4.78, 5) is 13.4. The van der Waals surface area contributed by atoms with Crippen molar-refractivity contribution in [3.8, 4) is 0 Å². The van der Waals surface area contributed by atoms with E-state index in [0.29, 0.717) is 11.6 Å². The molecule has 18 heavy (non-hydrogen) atoms. The summed E-state index contributed by atoms with van der Waals surface area (Å²) in [5.41, 5.74) is 0.724. The zero-order valence-electron chi connectivity index (χ0n) is 9.76. The number of nitrogens with one attached hydrogen (secondary N) is 1. The normalized spacial score (nSPS) is 20.4. The van der Waals surface area contributed by atoms with Crippen molar-refractivity contribution in [3.63, 3.8) is 0 Å². The van der Waals surface area contributed by atoms with Crippen LogP contribution in [0.25, 0.3) is 0 Å². The molecule has 98 valence electrons. The van der Waals surface area contributed by atoms with Crippen molar-refractivity contribution < 1.29 is 13.2 Å². The van der Waals surface area contributed by atoms with Gasteiger partial charge >= 0.3 is 0 Å². The Hall–Kier alpha value is -1.11. The first-order chi connectivity index (χ1) is 8.35. The number of hydrogen-bond acceptors (Lipinski definition) is 3. The molecule has 0 radical (unpaired) electrons. The zero-order chi connectivity index (χ0) is 13.3. The lowest BCUT2D eigenvalue weighted by Crippen LogP contribution is -2.36. The Balaban J connectivity index is 2.12. The van der Waals surface area contributed by atoms with Gasteiger partial charge in [-0.05, 0) is 24.3 Å². The van der Waals surface area contributed by atoms with Crippen LogP contribution >= 0.6 is 11.6 Å². The van der Waals surface area contributed by atoms with Crippen LogP contribution in [-0.4, -0.2) is 33.2 Å². The molecule has 0 spiro atoms. The summed E-state index contributed by atoms with van der Waals surface area (Å²) in [6, 6.07) is 6.50. The Morgan fingerprint density at radius 1 is 1.33 bits per heavy atom. The maximum absolute atomic E-state index is 11.8. The van der Waals surface area contributed by atoms with Crippen molar-refractivity contribution in [1.29, 1.82) is 0 Å². The molecule has 1 N–H and O–H groups in total. The quantitative estimate of drug-likeness (QED) is 0.902. The van der Waals surface area contributed by atoms with Gasteiger partial charge in [0.1, 0.15) is 0 Å². The second-order valence-corrected chi connectivity index (χ2v) is 6.49. The number of halogens is 1. The number of anilines is 1. The average molecular weight is 289 g/mol. The average Bonchev–Trinajstić information content (AvgIpc) is 2.58. The Kier molecular flexibility index (Phi) is 3.61. The molecule has 1 heterocycles. The molecule has 1 aliphatic heterocycles. The van der Waals surface area contributed by atoms with Crippen LogP contribution in [0.15, 0.2) is 24.3 Å². The van der Waals surface area contributed by atoms with Gasteiger partial charge in [0.15, 0.2) is 0 Å². The van der Waals surface area contributed by atoms with Crippen molar-refractivity contribution in [2.45, 2.75) is 12.5 Å². The van der Waals surface area contributed by atoms with Crippen molar-refractivity contribution >= 4 is 33.2 Å². The van der Waals surface area contributed by atoms with Crippen molar-refractivity contribution in [2.24, 2.45) is 0 Å². The van der Waals surface area contributed by atoms with E-state index in [9.17, 15) is 13.2 Å². The molecule has 0 bridgehead atoms. The first-order valence-electron chi connectivity index (χ1n) is 5.38. The topological polar surface area (TPSA) is 66.5 Å². The molecule has 1 aromatic rings. The van der Waals surface area contributed by atoms with Crippen LogP contribution in [-0.2, 0) is 14.8 Å². The summed E-state index contributed by atoms with van der Waals surface area (Å²) < 4.78 is 24.7. The number of nitrogens with zero attached hydrogens (tertiary/aromatic N) is 1. The third-order valence-electron chi connectivity index (χ3n) is 2.64. The van der Waals surface area contributed by atoms with Gasteiger partial charge < -0.3 is 4.90 Å². The van der Waals surface area contributed by atoms with Crippen LogP contribution in [0.3, 0.4) is 0 Å². The third-order valence-corrected chi connectivity index (χ3v) is 3.66. The van der Waals surface area contributed by atoms with Crippen molar-refractivity contribution in [1.82, 2.24) is 4.72 Å². The summed E-state index contributed by atoms with van der Waals surface area (Å²) in [6.07, 6.45) is 1.26. The predicted octanol–water partition coefficient (Wildman–Crippen LogP) is 0.994. The molecule has 1 aromatic carbocycles. The molecule has 0 aliphatic carbocycles. The lowest BCUT2D eigenvalue weighted by Gasteiger charge is -2.16. The van der Waals surface area contributed by atoms with Gasteiger partial charge in [0, 0.05) is 29.7 Å². The fourth-order valence-electron chi connectivity index (χ4n) is 1.96. The van der Waals surface area contributed by atoms with Crippen LogP contribution in [0, 0.1) is 0 Å². The number of rotatable bonds is 3. The number of sulfonamides is 1. The van der Waals surface area contributed by atoms with E-state index in [1.54, 1.807) is 29.2 Å². The fourth-order valence-corrected chi connectivity index (χ4v) is 2.85. The molecular formula is C11H13ClN2O3S. The molecule has 2 rings (SSSR count). The first-order valence-corrected chi connectivity index (χ1v) is 7.65. The van der Waals surface area contributed by atoms with Crippen LogP contribution in [0.1, 0.15) is 6.42 Å². The minimum absolute atomic E-state index is 0.0986. The minimum atomic E-state index is -3.29. The lowest BCUT2D eigenvalue weighted by molar-refractivity contribution is -0.117. The number of carbonyl (C=O) groups excluding carboxylic acids is 1. The highest BCUT2D eigenvalue weighted by Crippen LogP contribution is 2.23. The van der Waals surface area contributed by atoms with Crippen LogP contribution < -0.4 is 9.62 Å². The van der Waals surface area contributed by atoms with Gasteiger partial charge in [-0.3, -0.25) is 4.79 Å². The summed E-state index contributed by atoms with van der Waals surface area (Å²) in [5, 5.41) is 0.594. The molecule has 5 nitrogen and oxygen atoms in total. The third kappa shape index (κ3) is 3.22. The molecule has 1 atom stereocenters. The SMILES string of the molecule is CS(=O)(=O)N[C@H]1CC(=O)N(c2ccc(Cl)cc2)C1. The number of hydrogen-bond donors (Lipinski definition) is 1. The number of benzene rings is 1. The Bertz CT molecular complexity index is 556. The summed E-state index contributed by atoms with van der Waals surface area (Å²) in [6.45, 7) is 0.341. The highest BCUT2D eigenvalue weighted by molar-refractivity contribution is 7.88. The lowest BCUT2D eigenvalue weighted by atomic mass is 10.3. The minimum Gasteiger partial charge on any atom is -0.311 e. The highest BCUT2D eigenvalue weighted by Gasteiger charge is 2.32. The maximum atomic E-state index is 11.8. The van der Waals surface area contributed by atoms with Crippen LogP contribution in [0.4, 0.5) is 5.69 Å². The first kappa shape index (κ1) is 13.3. The number of carbonyl (C=O) groups is 1. The van der Waals surface area contributed by atoms with E-state index in [4.69, 9.17) is 11.6 Å². The van der Waals surface area contributed by atoms with Crippen molar-refractivity contribution in [2.75, 3.05) is 17.7 Å². The van der Waals surface area contributed by atoms with Crippen LogP contribution in [0.5, 0.6) is 0 Å². The van der Waals surface area contributed by atoms with Gasteiger partial charge in [0.25, 0.3) is 0 Å². The largest absolute Gasteiger partial charge is 0.311 e. The summed E-state index contributed by atoms with van der Waals surface area (Å²) >= 11 is 5.78. The Labute approximate surface area is 111 Å². The fraction of sp³-hybridized carbons (Fsp3) is 0.364. The van der Waals surface area contributed by atoms with E-state index in [1.807, 2.05) is 0 Å². The molecule has 0 aromatic heterocycles. The van der Waals surface area contributed by atoms with Crippen LogP contribution in [0.2, 0.25) is 5.02 Å². The van der Waals surface area contributed by atoms with E-state index in [2.05, 4.69) is 4.72 Å². The van der Waals surface area contributed by atoms with E-state index in [1.165, 1.54) is 0 Å². The molecule has 1 fully saturated rings. The van der Waals surface area contributed by atoms with Gasteiger partial charge in [-0.2, -0.15) is 0 Å². The van der Waals surface area contributed by atoms with Gasteiger partial charge in [-0.15, -0.1) is 0 Å². The standard InChI is InChI=1S/C11H13ClN2O3S/c1-18(16,17)13-9-6-11(15)14(7-9)10-4-2-8(12)3-5-10/h2-5,9,13H,6-7H2,1H3/t9-/m0/s1. The smallest absolute Gasteiger partial charge is 0.228 e. The van der Waals surface area contributed by atoms with Crippen molar-refractivity contribution in [3.05, 3.63) is 29.3 Å². The zero-order valence-corrected chi connectivity index (χ0v) is 11.3. The van der Waals surface area contributed by atoms with E-state index >= 15 is 0 Å². The monoisotopic (exact) mass is 288 g/mol. The van der Waals surface area contributed by atoms with E-state index in [-0.39, 0.29) is 18.4 Å². The molecule has 1 amide bonds. The predicted molar refractivity (Wildman–Crippen MR) is 70.2 cm³/mol. The molecule has 0 saturated carbocycles. The van der Waals surface area contributed by atoms with Gasteiger partial charge in [-0.25, -0.2) is 13.1 Å². The summed E-state index contributed by atoms with van der Waals surface area (Å²) in [7, 11) is -3.29. The van der Waals surface area contributed by atoms with Gasteiger partial charge in [0.2, 0.25) is 15.9 Å². The molecule has 0 unspecified atom stereocenters. The molecule has 1 saturated heterocycles. The van der Waals surface area contributed by atoms with E-state index in [0.717, 1.165) is 11.9 Å². The maximum Gasteiger partial charge on any atom is 0.228 e. The number of amides is 1. The second-order valence-electron chi connectivity index (χ2n) is 4.27. The molecular weight excluding hydrogens is 276 g/mol. The molecule has 1 aliphatic rings. The van der Waals surface area contributed by atoms with Gasteiger partial charge in [0.05, 0.1) is 6.26 Å². The second kappa shape index (κ2) is 4.87. The van der Waals surface area contributed by atoms with Gasteiger partial charge in [-0.1, -0.05) is 11.6 Å². The Morgan fingerprint density at radius 3 is 2.50 bits per heavy atom. The Morgan fingerprint density at radius 2 is 1.94 bits per heavy atom. The highest BCUT2D eigenvalue weighted by atomic mass is 35.5. The summed E-state index contributed by atoms with van der Waals surface area (Å²) in [5.74, 6) is -0.0986. The van der Waals surface area contributed by atoms with E-state index < -0.39 is 10.0 Å². The molecule has 7 heteroatoms.